The van der Waals surface area contributed by atoms with Crippen LogP contribution in [0.2, 0.25) is 0 Å². The van der Waals surface area contributed by atoms with Crippen LogP contribution in [-0.2, 0) is 4.79 Å². The lowest BCUT2D eigenvalue weighted by Gasteiger charge is -2.13. The maximum absolute atomic E-state index is 13.4. The summed E-state index contributed by atoms with van der Waals surface area (Å²) in [5, 5.41) is 0.624. The quantitative estimate of drug-likeness (QED) is 0.273. The Morgan fingerprint density at radius 2 is 1.70 bits per heavy atom. The molecule has 0 aliphatic heterocycles. The molecule has 0 amide bonds. The van der Waals surface area contributed by atoms with Crippen molar-refractivity contribution in [1.29, 1.82) is 0 Å². The first-order valence-corrected chi connectivity index (χ1v) is 13.1. The Hall–Kier alpha value is -4.29. The van der Waals surface area contributed by atoms with Gasteiger partial charge in [0.2, 0.25) is 0 Å². The number of aromatic nitrogens is 6. The summed E-state index contributed by atoms with van der Waals surface area (Å²) in [4.78, 5) is 35.4. The van der Waals surface area contributed by atoms with E-state index in [2.05, 4.69) is 36.7 Å². The van der Waals surface area contributed by atoms with E-state index in [0.29, 0.717) is 49.5 Å². The van der Waals surface area contributed by atoms with Crippen LogP contribution in [0.15, 0.2) is 49.1 Å². The molecule has 1 saturated carbocycles. The maximum Gasteiger partial charge on any atom is 0.280 e. The molecule has 6 rings (SSSR count). The predicted molar refractivity (Wildman–Crippen MR) is 150 cm³/mol. The fourth-order valence-electron chi connectivity index (χ4n) is 4.08. The van der Waals surface area contributed by atoms with Gasteiger partial charge in [-0.25, -0.2) is 23.7 Å². The summed E-state index contributed by atoms with van der Waals surface area (Å²) in [5.74, 6) is 1.02. The number of fused-ring (bicyclic) bond motifs is 1. The first-order valence-electron chi connectivity index (χ1n) is 12.3. The Labute approximate surface area is 233 Å². The van der Waals surface area contributed by atoms with Gasteiger partial charge in [0.05, 0.1) is 25.2 Å². The zero-order valence-corrected chi connectivity index (χ0v) is 23.0. The van der Waals surface area contributed by atoms with Gasteiger partial charge in [0.1, 0.15) is 28.9 Å². The summed E-state index contributed by atoms with van der Waals surface area (Å²) in [6.45, 7) is 3.84. The molecular weight excluding hydrogens is 536 g/mol. The normalized spacial score (nSPS) is 12.4. The number of methoxy groups -OCH3 is 1. The van der Waals surface area contributed by atoms with Gasteiger partial charge in [-0.15, -0.1) is 0 Å². The minimum absolute atomic E-state index is 0.330. The minimum Gasteiger partial charge on any atom is -0.494 e. The smallest absolute Gasteiger partial charge is 0.280 e. The number of pyridine rings is 3. The second-order valence-corrected chi connectivity index (χ2v) is 9.61. The van der Waals surface area contributed by atoms with E-state index in [4.69, 9.17) is 14.5 Å². The van der Waals surface area contributed by atoms with Crippen LogP contribution in [0, 0.1) is 6.92 Å². The highest BCUT2D eigenvalue weighted by molar-refractivity contribution is 7.21. The highest BCUT2D eigenvalue weighted by atomic mass is 32.1. The molecule has 9 nitrogen and oxygen atoms in total. The van der Waals surface area contributed by atoms with E-state index >= 15 is 0 Å². The lowest BCUT2D eigenvalue weighted by molar-refractivity contribution is -0.0980. The van der Waals surface area contributed by atoms with Crippen LogP contribution in [0.1, 0.15) is 42.1 Å². The molecule has 0 saturated heterocycles. The van der Waals surface area contributed by atoms with Crippen LogP contribution >= 0.6 is 11.3 Å². The van der Waals surface area contributed by atoms with Crippen molar-refractivity contribution in [2.75, 3.05) is 14.2 Å². The number of nitrogens with two attached hydrogens (primary N) is 1. The van der Waals surface area contributed by atoms with Crippen molar-refractivity contribution in [3.8, 4) is 38.8 Å². The van der Waals surface area contributed by atoms with Crippen LogP contribution in [0.25, 0.3) is 43.6 Å². The topological polar surface area (TPSA) is 130 Å². The average molecular weight is 564 g/mol. The van der Waals surface area contributed by atoms with Crippen molar-refractivity contribution >= 4 is 28.6 Å². The van der Waals surface area contributed by atoms with Crippen molar-refractivity contribution in [2.45, 2.75) is 32.1 Å². The van der Waals surface area contributed by atoms with Crippen LogP contribution in [0.4, 0.5) is 8.78 Å². The highest BCUT2D eigenvalue weighted by Crippen LogP contribution is 2.41. The number of carbonyl (C=O) groups excluding carboxylic acids is 1. The fraction of sp³-hybridized carbons (Fsp3) is 0.250. The molecule has 0 bridgehead atoms. The first-order chi connectivity index (χ1) is 19.5. The molecule has 0 atom stereocenters. The van der Waals surface area contributed by atoms with Gasteiger partial charge >= 0.3 is 0 Å². The first kappa shape index (κ1) is 28.7. The Kier molecular flexibility index (Phi) is 9.12. The van der Waals surface area contributed by atoms with Crippen LogP contribution in [-0.4, -0.2) is 50.9 Å². The van der Waals surface area contributed by atoms with E-state index in [1.165, 1.54) is 56.2 Å². The second-order valence-electron chi connectivity index (χ2n) is 8.64. The maximum atomic E-state index is 13.4. The number of hydrogen-bond donors (Lipinski definition) is 1. The van der Waals surface area contributed by atoms with Gasteiger partial charge in [-0.3, -0.25) is 15.0 Å². The molecule has 1 aliphatic rings. The number of nitrogens with zero attached hydrogens (tertiary/aromatic N) is 6. The summed E-state index contributed by atoms with van der Waals surface area (Å²) in [7, 11) is 2.98. The number of aryl methyl sites for hydroxylation is 1. The van der Waals surface area contributed by atoms with E-state index in [0.717, 1.165) is 11.4 Å². The third-order valence-electron chi connectivity index (χ3n) is 6.11. The van der Waals surface area contributed by atoms with E-state index in [9.17, 15) is 8.78 Å². The monoisotopic (exact) mass is 563 g/mol. The Morgan fingerprint density at radius 3 is 2.35 bits per heavy atom. The van der Waals surface area contributed by atoms with E-state index in [1.54, 1.807) is 12.4 Å². The van der Waals surface area contributed by atoms with Crippen molar-refractivity contribution in [3.63, 3.8) is 0 Å². The molecule has 40 heavy (non-hydrogen) atoms. The molecule has 5 heterocycles. The minimum atomic E-state index is -2.71. The molecule has 0 unspecified atom stereocenters. The zero-order chi connectivity index (χ0) is 28.8. The SMILES string of the molecule is C=O.CN.COc1cnc(C(F)F)cc1-c1cc(C)ncc1-c1nc2ncc(-c3ccc(C4CC4)cn3)nc2s1. The molecule has 0 spiro atoms. The molecule has 5 aromatic rings. The summed E-state index contributed by atoms with van der Waals surface area (Å²) >= 11 is 1.36. The van der Waals surface area contributed by atoms with Gasteiger partial charge in [-0.05, 0) is 62.1 Å². The number of rotatable bonds is 6. The van der Waals surface area contributed by atoms with Crippen molar-refractivity contribution in [1.82, 2.24) is 29.9 Å². The molecule has 0 radical (unpaired) electrons. The summed E-state index contributed by atoms with van der Waals surface area (Å²) < 4.78 is 32.3. The van der Waals surface area contributed by atoms with Gasteiger partial charge in [0, 0.05) is 29.2 Å². The molecule has 1 aliphatic carbocycles. The number of alkyl halides is 2. The number of carbonyl (C=O) groups is 1. The Bertz CT molecular complexity index is 1610. The number of halogens is 2. The van der Waals surface area contributed by atoms with Crippen LogP contribution in [0.5, 0.6) is 5.75 Å². The summed E-state index contributed by atoms with van der Waals surface area (Å²) in [5.41, 5.74) is 9.90. The summed E-state index contributed by atoms with van der Waals surface area (Å²) in [6, 6.07) is 7.25. The third kappa shape index (κ3) is 5.97. The summed E-state index contributed by atoms with van der Waals surface area (Å²) in [6.07, 6.45) is 6.32. The van der Waals surface area contributed by atoms with Crippen LogP contribution in [0.3, 0.4) is 0 Å². The lowest BCUT2D eigenvalue weighted by atomic mass is 10.00. The van der Waals surface area contributed by atoms with Crippen molar-refractivity contribution < 1.29 is 18.3 Å². The number of thiazole rings is 1. The molecule has 0 aromatic carbocycles. The average Bonchev–Trinajstić information content (AvgIpc) is 3.77. The van der Waals surface area contributed by atoms with Gasteiger partial charge in [0.15, 0.2) is 10.5 Å². The standard InChI is InChI=1S/C26H20F2N6OS.CH5N.CH2O/c1-13-7-16(17-8-20(23(27)28)31-12-22(17)35-2)18(10-29-13)25-34-24-26(36-25)33-21(11-32-24)19-6-5-15(9-30-19)14-3-4-14;2*1-2/h5-12,14,23H,3-4H2,1-2H3;2H2,1H3;1H2. The van der Waals surface area contributed by atoms with Crippen LogP contribution < -0.4 is 10.5 Å². The lowest BCUT2D eigenvalue weighted by Crippen LogP contribution is -1.97. The van der Waals surface area contributed by atoms with E-state index < -0.39 is 6.43 Å². The fourth-order valence-corrected chi connectivity index (χ4v) is 5.00. The second kappa shape index (κ2) is 12.7. The van der Waals surface area contributed by atoms with Crippen molar-refractivity contribution in [3.05, 3.63) is 66.0 Å². The third-order valence-corrected chi connectivity index (χ3v) is 7.09. The van der Waals surface area contributed by atoms with Crippen molar-refractivity contribution in [2.24, 2.45) is 5.73 Å². The van der Waals surface area contributed by atoms with Gasteiger partial charge in [-0.2, -0.15) is 0 Å². The highest BCUT2D eigenvalue weighted by Gasteiger charge is 2.24. The largest absolute Gasteiger partial charge is 0.494 e. The molecule has 206 valence electrons. The molecular formula is C28H27F2N7O2S. The van der Waals surface area contributed by atoms with Gasteiger partial charge in [0.25, 0.3) is 6.43 Å². The van der Waals surface area contributed by atoms with E-state index in [1.807, 2.05) is 32.0 Å². The van der Waals surface area contributed by atoms with Gasteiger partial charge in [-0.1, -0.05) is 17.4 Å². The number of ether oxygens (including phenoxy) is 1. The Balaban J connectivity index is 0.000000886. The van der Waals surface area contributed by atoms with Gasteiger partial charge < -0.3 is 15.3 Å². The Morgan fingerprint density at radius 1 is 0.925 bits per heavy atom. The molecule has 5 aromatic heterocycles. The zero-order valence-electron chi connectivity index (χ0n) is 22.1. The molecule has 12 heteroatoms. The van der Waals surface area contributed by atoms with E-state index in [-0.39, 0.29) is 5.69 Å². The predicted octanol–water partition coefficient (Wildman–Crippen LogP) is 5.79. The number of hydrogen-bond acceptors (Lipinski definition) is 10. The molecule has 1 fully saturated rings. The molecule has 2 N–H and O–H groups in total.